The smallest absolute Gasteiger partial charge is 0.152 e. The maximum absolute atomic E-state index is 13.1. The van der Waals surface area contributed by atoms with Crippen molar-refractivity contribution >= 4 is 5.69 Å². The molecule has 0 amide bonds. The molecule has 0 aromatic heterocycles. The lowest BCUT2D eigenvalue weighted by Crippen LogP contribution is -2.20. The van der Waals surface area contributed by atoms with Crippen molar-refractivity contribution in [3.63, 3.8) is 0 Å². The fraction of sp³-hybridized carbons (Fsp3) is 0.455. The molecule has 0 aliphatic heterocycles. The van der Waals surface area contributed by atoms with Crippen LogP contribution in [0.25, 0.3) is 0 Å². The number of benzene rings is 1. The minimum absolute atomic E-state index is 0.104. The van der Waals surface area contributed by atoms with Gasteiger partial charge in [-0.15, -0.1) is 0 Å². The van der Waals surface area contributed by atoms with Gasteiger partial charge in [-0.2, -0.15) is 0 Å². The van der Waals surface area contributed by atoms with Gasteiger partial charge >= 0.3 is 0 Å². The Kier molecular flexibility index (Phi) is 3.27. The Balaban J connectivity index is 2.86. The van der Waals surface area contributed by atoms with E-state index in [-0.39, 0.29) is 11.1 Å². The average Bonchev–Trinajstić information content (AvgIpc) is 1.99. The monoisotopic (exact) mass is 217 g/mol. The van der Waals surface area contributed by atoms with Crippen molar-refractivity contribution in [2.75, 3.05) is 11.9 Å². The minimum Gasteiger partial charge on any atom is -0.380 e. The molecule has 1 aromatic rings. The van der Waals surface area contributed by atoms with Crippen molar-refractivity contribution in [3.05, 3.63) is 29.6 Å². The number of hydrogen-bond acceptors (Lipinski definition) is 1. The number of nitrogens with one attached hydrogen (secondary N) is 1. The normalized spacial score (nSPS) is 11.6. The molecule has 1 aromatic carbocycles. The fourth-order valence-corrected chi connectivity index (χ4v) is 1.06. The van der Waals surface area contributed by atoms with Gasteiger partial charge in [-0.3, -0.25) is 0 Å². The molecular weight excluding hydrogens is 203 g/mol. The van der Waals surface area contributed by atoms with Crippen molar-refractivity contribution in [2.45, 2.75) is 20.8 Å². The Bertz CT molecular complexity index is 332. The highest BCUT2D eigenvalue weighted by Crippen LogP contribution is 2.22. The summed E-state index contributed by atoms with van der Waals surface area (Å²) < 4.78 is 38.9. The predicted molar refractivity (Wildman–Crippen MR) is 54.3 cm³/mol. The van der Waals surface area contributed by atoms with Crippen LogP contribution >= 0.6 is 0 Å². The van der Waals surface area contributed by atoms with Gasteiger partial charge in [-0.25, -0.2) is 13.2 Å². The van der Waals surface area contributed by atoms with Gasteiger partial charge in [0.2, 0.25) is 0 Å². The molecule has 0 radical (unpaired) electrons. The Morgan fingerprint density at radius 1 is 1.07 bits per heavy atom. The maximum Gasteiger partial charge on any atom is 0.152 e. The molecule has 1 N–H and O–H groups in total. The van der Waals surface area contributed by atoms with Crippen LogP contribution in [0.4, 0.5) is 18.9 Å². The first kappa shape index (κ1) is 11.9. The van der Waals surface area contributed by atoms with E-state index in [2.05, 4.69) is 5.32 Å². The number of rotatable bonds is 2. The van der Waals surface area contributed by atoms with E-state index in [4.69, 9.17) is 0 Å². The summed E-state index contributed by atoms with van der Waals surface area (Å²) in [5.74, 6) is -2.72. The number of anilines is 1. The summed E-state index contributed by atoms with van der Waals surface area (Å²) in [6.07, 6.45) is 0. The molecule has 15 heavy (non-hydrogen) atoms. The Morgan fingerprint density at radius 3 is 1.93 bits per heavy atom. The van der Waals surface area contributed by atoms with Gasteiger partial charge in [0.25, 0.3) is 0 Å². The molecule has 0 heterocycles. The van der Waals surface area contributed by atoms with Crippen LogP contribution < -0.4 is 5.32 Å². The van der Waals surface area contributed by atoms with E-state index >= 15 is 0 Å². The second-order valence-electron chi connectivity index (χ2n) is 4.66. The molecule has 0 fully saturated rings. The quantitative estimate of drug-likeness (QED) is 0.798. The van der Waals surface area contributed by atoms with Gasteiger partial charge in [0.1, 0.15) is 11.5 Å². The summed E-state index contributed by atoms with van der Waals surface area (Å²) in [4.78, 5) is 0. The Hall–Kier alpha value is -1.19. The highest BCUT2D eigenvalue weighted by molar-refractivity contribution is 5.46. The van der Waals surface area contributed by atoms with Crippen molar-refractivity contribution in [1.29, 1.82) is 0 Å². The van der Waals surface area contributed by atoms with Crippen molar-refractivity contribution in [3.8, 4) is 0 Å². The van der Waals surface area contributed by atoms with E-state index in [0.717, 1.165) is 0 Å². The molecule has 0 aliphatic carbocycles. The van der Waals surface area contributed by atoms with E-state index < -0.39 is 17.5 Å². The molecule has 84 valence electrons. The van der Waals surface area contributed by atoms with Crippen LogP contribution in [0.5, 0.6) is 0 Å². The van der Waals surface area contributed by atoms with Gasteiger partial charge in [0, 0.05) is 18.7 Å². The maximum atomic E-state index is 13.1. The molecule has 0 unspecified atom stereocenters. The molecular formula is C11H14F3N. The van der Waals surface area contributed by atoms with Crippen LogP contribution in [0.15, 0.2) is 12.1 Å². The molecule has 0 spiro atoms. The summed E-state index contributed by atoms with van der Waals surface area (Å²) >= 11 is 0. The number of halogens is 3. The highest BCUT2D eigenvalue weighted by atomic mass is 19.1. The molecule has 1 rings (SSSR count). The summed E-state index contributed by atoms with van der Waals surface area (Å²) in [6.45, 7) is 6.20. The summed E-state index contributed by atoms with van der Waals surface area (Å²) in [7, 11) is 0. The second kappa shape index (κ2) is 4.13. The highest BCUT2D eigenvalue weighted by Gasteiger charge is 2.15. The third-order valence-corrected chi connectivity index (χ3v) is 1.80. The van der Waals surface area contributed by atoms with Crippen LogP contribution in [0.1, 0.15) is 20.8 Å². The van der Waals surface area contributed by atoms with Gasteiger partial charge < -0.3 is 5.32 Å². The standard InChI is InChI=1S/C11H14F3N/c1-11(2,3)6-15-10-8(13)4-7(12)5-9(10)14/h4-5,15H,6H2,1-3H3. The second-order valence-corrected chi connectivity index (χ2v) is 4.66. The Labute approximate surface area is 87.3 Å². The van der Waals surface area contributed by atoms with E-state index in [1.54, 1.807) is 0 Å². The SMILES string of the molecule is CC(C)(C)CNc1c(F)cc(F)cc1F. The molecule has 0 saturated heterocycles. The first-order chi connectivity index (χ1) is 6.79. The van der Waals surface area contributed by atoms with E-state index in [9.17, 15) is 13.2 Å². The van der Waals surface area contributed by atoms with Crippen molar-refractivity contribution in [1.82, 2.24) is 0 Å². The van der Waals surface area contributed by atoms with E-state index in [1.807, 2.05) is 20.8 Å². The van der Waals surface area contributed by atoms with Crippen LogP contribution in [-0.4, -0.2) is 6.54 Å². The van der Waals surface area contributed by atoms with Crippen molar-refractivity contribution in [2.24, 2.45) is 5.41 Å². The third-order valence-electron chi connectivity index (χ3n) is 1.80. The summed E-state index contributed by atoms with van der Waals surface area (Å²) in [5, 5.41) is 2.63. The molecule has 0 aliphatic rings. The van der Waals surface area contributed by atoms with Gasteiger partial charge in [0.15, 0.2) is 11.6 Å². The lowest BCUT2D eigenvalue weighted by Gasteiger charge is -2.20. The van der Waals surface area contributed by atoms with Crippen molar-refractivity contribution < 1.29 is 13.2 Å². The van der Waals surface area contributed by atoms with Gasteiger partial charge in [-0.1, -0.05) is 20.8 Å². The zero-order chi connectivity index (χ0) is 11.6. The zero-order valence-electron chi connectivity index (χ0n) is 9.00. The summed E-state index contributed by atoms with van der Waals surface area (Å²) in [6, 6.07) is 1.32. The molecule has 4 heteroatoms. The first-order valence-corrected chi connectivity index (χ1v) is 4.68. The summed E-state index contributed by atoms with van der Waals surface area (Å²) in [5.41, 5.74) is -0.376. The van der Waals surface area contributed by atoms with Crippen LogP contribution in [0.3, 0.4) is 0 Å². The third kappa shape index (κ3) is 3.46. The average molecular weight is 217 g/mol. The van der Waals surface area contributed by atoms with E-state index in [1.165, 1.54) is 0 Å². The fourth-order valence-electron chi connectivity index (χ4n) is 1.06. The molecule has 1 nitrogen and oxygen atoms in total. The largest absolute Gasteiger partial charge is 0.380 e. The topological polar surface area (TPSA) is 12.0 Å². The molecule has 0 bridgehead atoms. The van der Waals surface area contributed by atoms with Gasteiger partial charge in [0.05, 0.1) is 0 Å². The van der Waals surface area contributed by atoms with Gasteiger partial charge in [-0.05, 0) is 5.41 Å². The van der Waals surface area contributed by atoms with Crippen LogP contribution in [0, 0.1) is 22.9 Å². The lowest BCUT2D eigenvalue weighted by atomic mass is 9.97. The number of hydrogen-bond donors (Lipinski definition) is 1. The molecule has 0 saturated carbocycles. The molecule has 0 atom stereocenters. The lowest BCUT2D eigenvalue weighted by molar-refractivity contribution is 0.439. The van der Waals surface area contributed by atoms with Crippen LogP contribution in [-0.2, 0) is 0 Å². The van der Waals surface area contributed by atoms with Crippen LogP contribution in [0.2, 0.25) is 0 Å². The zero-order valence-corrected chi connectivity index (χ0v) is 9.00. The Morgan fingerprint density at radius 2 is 1.53 bits per heavy atom. The van der Waals surface area contributed by atoms with E-state index in [0.29, 0.717) is 18.7 Å². The first-order valence-electron chi connectivity index (χ1n) is 4.68. The predicted octanol–water partition coefficient (Wildman–Crippen LogP) is 3.56. The minimum atomic E-state index is -0.911.